The van der Waals surface area contributed by atoms with Crippen molar-refractivity contribution in [1.82, 2.24) is 14.8 Å². The number of H-pyrrole nitrogens is 1. The lowest BCUT2D eigenvalue weighted by Gasteiger charge is -2.31. The minimum Gasteiger partial charge on any atom is -0.466 e. The molecule has 0 saturated carbocycles. The Morgan fingerprint density at radius 3 is 2.56 bits per heavy atom. The van der Waals surface area contributed by atoms with Gasteiger partial charge < -0.3 is 19.5 Å². The summed E-state index contributed by atoms with van der Waals surface area (Å²) < 4.78 is 5.07. The van der Waals surface area contributed by atoms with Crippen molar-refractivity contribution >= 4 is 17.8 Å². The lowest BCUT2D eigenvalue weighted by molar-refractivity contribution is -0.149. The van der Waals surface area contributed by atoms with Crippen LogP contribution in [0.4, 0.5) is 0 Å². The number of esters is 1. The molecule has 0 bridgehead atoms. The minimum absolute atomic E-state index is 0.0559. The van der Waals surface area contributed by atoms with E-state index in [-0.39, 0.29) is 23.7 Å². The summed E-state index contributed by atoms with van der Waals surface area (Å²) in [5.41, 5.74) is 0.913. The second kappa shape index (κ2) is 7.72. The molecule has 2 aliphatic rings. The van der Waals surface area contributed by atoms with Crippen molar-refractivity contribution in [3.8, 4) is 0 Å². The Kier molecular flexibility index (Phi) is 5.40. The Morgan fingerprint density at radius 1 is 1.12 bits per heavy atom. The highest BCUT2D eigenvalue weighted by molar-refractivity contribution is 5.99. The molecule has 2 saturated heterocycles. The number of aromatic nitrogens is 1. The molecule has 25 heavy (non-hydrogen) atoms. The van der Waals surface area contributed by atoms with E-state index >= 15 is 0 Å². The second-order valence-electron chi connectivity index (χ2n) is 6.64. The maximum absolute atomic E-state index is 12.7. The molecule has 7 nitrogen and oxygen atoms in total. The quantitative estimate of drug-likeness (QED) is 0.840. The lowest BCUT2D eigenvalue weighted by Crippen LogP contribution is -2.42. The van der Waals surface area contributed by atoms with E-state index in [0.717, 1.165) is 38.8 Å². The Bertz CT molecular complexity index is 649. The highest BCUT2D eigenvalue weighted by atomic mass is 16.5. The standard InChI is InChI=1S/C18H25N3O4/c1-2-25-18(24)13-6-5-9-21(12-13)16(22)14-10-15(19-11-14)17(23)20-7-3-4-8-20/h10-11,13,19H,2-9,12H2,1H3. The topological polar surface area (TPSA) is 82.7 Å². The second-order valence-corrected chi connectivity index (χ2v) is 6.64. The molecule has 7 heteroatoms. The number of aromatic amines is 1. The van der Waals surface area contributed by atoms with Crippen LogP contribution in [0.5, 0.6) is 0 Å². The van der Waals surface area contributed by atoms with E-state index in [0.29, 0.717) is 31.0 Å². The van der Waals surface area contributed by atoms with E-state index in [1.165, 1.54) is 0 Å². The predicted molar refractivity (Wildman–Crippen MR) is 91.2 cm³/mol. The van der Waals surface area contributed by atoms with Gasteiger partial charge in [0, 0.05) is 32.4 Å². The van der Waals surface area contributed by atoms with Gasteiger partial charge in [-0.05, 0) is 38.7 Å². The molecule has 1 aromatic heterocycles. The summed E-state index contributed by atoms with van der Waals surface area (Å²) in [6.07, 6.45) is 5.16. The van der Waals surface area contributed by atoms with Gasteiger partial charge in [0.05, 0.1) is 18.1 Å². The fourth-order valence-electron chi connectivity index (χ4n) is 3.53. The van der Waals surface area contributed by atoms with Crippen molar-refractivity contribution in [2.75, 3.05) is 32.8 Å². The SMILES string of the molecule is CCOC(=O)C1CCCN(C(=O)c2c[nH]c(C(=O)N3CCCC3)c2)C1. The molecule has 2 aliphatic heterocycles. The molecule has 3 rings (SSSR count). The van der Waals surface area contributed by atoms with Crippen LogP contribution in [0.2, 0.25) is 0 Å². The number of amides is 2. The first-order chi connectivity index (χ1) is 12.1. The zero-order chi connectivity index (χ0) is 17.8. The van der Waals surface area contributed by atoms with Crippen molar-refractivity contribution < 1.29 is 19.1 Å². The van der Waals surface area contributed by atoms with E-state index in [9.17, 15) is 14.4 Å². The number of piperidine rings is 1. The van der Waals surface area contributed by atoms with E-state index < -0.39 is 0 Å². The predicted octanol–water partition coefficient (Wildman–Crippen LogP) is 1.67. The van der Waals surface area contributed by atoms with Crippen LogP contribution in [0.1, 0.15) is 53.5 Å². The summed E-state index contributed by atoms with van der Waals surface area (Å²) in [6.45, 7) is 4.67. The molecule has 1 atom stereocenters. The molecule has 1 N–H and O–H groups in total. The first kappa shape index (κ1) is 17.5. The van der Waals surface area contributed by atoms with Crippen molar-refractivity contribution in [3.63, 3.8) is 0 Å². The Balaban J connectivity index is 1.64. The number of hydrogen-bond donors (Lipinski definition) is 1. The fourth-order valence-corrected chi connectivity index (χ4v) is 3.53. The van der Waals surface area contributed by atoms with Crippen LogP contribution in [0.3, 0.4) is 0 Å². The molecule has 136 valence electrons. The summed E-state index contributed by atoms with van der Waals surface area (Å²) in [7, 11) is 0. The Hall–Kier alpha value is -2.31. The van der Waals surface area contributed by atoms with Gasteiger partial charge in [-0.2, -0.15) is 0 Å². The van der Waals surface area contributed by atoms with Gasteiger partial charge in [0.25, 0.3) is 11.8 Å². The van der Waals surface area contributed by atoms with Crippen LogP contribution in [0.15, 0.2) is 12.3 Å². The molecule has 0 aromatic carbocycles. The van der Waals surface area contributed by atoms with E-state index in [1.807, 2.05) is 0 Å². The smallest absolute Gasteiger partial charge is 0.310 e. The third-order valence-electron chi connectivity index (χ3n) is 4.88. The van der Waals surface area contributed by atoms with Gasteiger partial charge in [0.1, 0.15) is 5.69 Å². The Labute approximate surface area is 147 Å². The molecular formula is C18H25N3O4. The third-order valence-corrected chi connectivity index (χ3v) is 4.88. The number of carbonyl (C=O) groups excluding carboxylic acids is 3. The zero-order valence-electron chi connectivity index (χ0n) is 14.6. The van der Waals surface area contributed by atoms with Gasteiger partial charge in [-0.15, -0.1) is 0 Å². The normalized spacial score (nSPS) is 20.6. The van der Waals surface area contributed by atoms with Crippen LogP contribution >= 0.6 is 0 Å². The van der Waals surface area contributed by atoms with Gasteiger partial charge in [-0.1, -0.05) is 0 Å². The van der Waals surface area contributed by atoms with Crippen molar-refractivity contribution in [2.24, 2.45) is 5.92 Å². The van der Waals surface area contributed by atoms with Crippen molar-refractivity contribution in [2.45, 2.75) is 32.6 Å². The molecule has 0 spiro atoms. The first-order valence-electron chi connectivity index (χ1n) is 9.03. The molecule has 1 aromatic rings. The maximum atomic E-state index is 12.7. The van der Waals surface area contributed by atoms with Crippen molar-refractivity contribution in [1.29, 1.82) is 0 Å². The highest BCUT2D eigenvalue weighted by Gasteiger charge is 2.30. The molecule has 3 heterocycles. The fraction of sp³-hybridized carbons (Fsp3) is 0.611. The summed E-state index contributed by atoms with van der Waals surface area (Å²) in [4.78, 5) is 43.4. The summed E-state index contributed by atoms with van der Waals surface area (Å²) in [5.74, 6) is -0.702. The first-order valence-corrected chi connectivity index (χ1v) is 9.03. The Morgan fingerprint density at radius 2 is 1.84 bits per heavy atom. The average molecular weight is 347 g/mol. The molecular weight excluding hydrogens is 322 g/mol. The number of hydrogen-bond acceptors (Lipinski definition) is 4. The number of nitrogens with one attached hydrogen (secondary N) is 1. The number of rotatable bonds is 4. The summed E-state index contributed by atoms with van der Waals surface area (Å²) in [6, 6.07) is 1.62. The monoisotopic (exact) mass is 347 g/mol. The molecule has 0 radical (unpaired) electrons. The molecule has 0 aliphatic carbocycles. The van der Waals surface area contributed by atoms with Gasteiger partial charge >= 0.3 is 5.97 Å². The van der Waals surface area contributed by atoms with Crippen LogP contribution < -0.4 is 0 Å². The third kappa shape index (κ3) is 3.86. The van der Waals surface area contributed by atoms with Gasteiger partial charge in [0.2, 0.25) is 0 Å². The highest BCUT2D eigenvalue weighted by Crippen LogP contribution is 2.21. The average Bonchev–Trinajstić information content (AvgIpc) is 3.33. The van der Waals surface area contributed by atoms with E-state index in [1.54, 1.807) is 29.0 Å². The van der Waals surface area contributed by atoms with Crippen LogP contribution in [0.25, 0.3) is 0 Å². The van der Waals surface area contributed by atoms with Crippen LogP contribution in [-0.2, 0) is 9.53 Å². The van der Waals surface area contributed by atoms with Gasteiger partial charge in [-0.25, -0.2) is 0 Å². The lowest BCUT2D eigenvalue weighted by atomic mass is 9.97. The van der Waals surface area contributed by atoms with Crippen molar-refractivity contribution in [3.05, 3.63) is 23.5 Å². The van der Waals surface area contributed by atoms with Gasteiger partial charge in [0.15, 0.2) is 0 Å². The van der Waals surface area contributed by atoms with Gasteiger partial charge in [-0.3, -0.25) is 14.4 Å². The van der Waals surface area contributed by atoms with Crippen LogP contribution in [-0.4, -0.2) is 65.4 Å². The molecule has 2 amide bonds. The minimum atomic E-state index is -0.262. The molecule has 2 fully saturated rings. The number of nitrogens with zero attached hydrogens (tertiary/aromatic N) is 2. The van der Waals surface area contributed by atoms with E-state index in [2.05, 4.69) is 4.98 Å². The number of carbonyl (C=O) groups is 3. The molecule has 1 unspecified atom stereocenters. The number of ether oxygens (including phenoxy) is 1. The largest absolute Gasteiger partial charge is 0.466 e. The summed E-state index contributed by atoms with van der Waals surface area (Å²) >= 11 is 0. The maximum Gasteiger partial charge on any atom is 0.310 e. The zero-order valence-corrected chi connectivity index (χ0v) is 14.6. The summed E-state index contributed by atoms with van der Waals surface area (Å²) in [5, 5.41) is 0. The number of likely N-dealkylation sites (tertiary alicyclic amines) is 2. The van der Waals surface area contributed by atoms with E-state index in [4.69, 9.17) is 4.74 Å². The van der Waals surface area contributed by atoms with Crippen LogP contribution in [0, 0.1) is 5.92 Å².